The molecule has 174 valence electrons. The smallest absolute Gasteiger partial charge is 0.253 e. The largest absolute Gasteiger partial charge is 0.324 e. The fourth-order valence-electron chi connectivity index (χ4n) is 4.36. The summed E-state index contributed by atoms with van der Waals surface area (Å²) in [7, 11) is 0. The number of pyridine rings is 1. The van der Waals surface area contributed by atoms with Crippen molar-refractivity contribution in [3.8, 4) is 5.69 Å². The first-order valence-electron chi connectivity index (χ1n) is 11.6. The Morgan fingerprint density at radius 1 is 0.750 bits per heavy atom. The highest BCUT2D eigenvalue weighted by Gasteiger charge is 2.20. The molecule has 0 saturated carbocycles. The maximum Gasteiger partial charge on any atom is 0.253 e. The summed E-state index contributed by atoms with van der Waals surface area (Å²) in [6.45, 7) is 0. The van der Waals surface area contributed by atoms with Crippen LogP contribution >= 0.6 is 0 Å². The highest BCUT2D eigenvalue weighted by molar-refractivity contribution is 5.76. The molecule has 0 bridgehead atoms. The predicted octanol–water partition coefficient (Wildman–Crippen LogP) is 5.36. The Morgan fingerprint density at radius 3 is 2.08 bits per heavy atom. The van der Waals surface area contributed by atoms with Gasteiger partial charge >= 0.3 is 0 Å². The maximum atomic E-state index is 13.3. The van der Waals surface area contributed by atoms with Gasteiger partial charge in [-0.1, -0.05) is 60.7 Å². The van der Waals surface area contributed by atoms with Crippen LogP contribution in [-0.4, -0.2) is 24.3 Å². The SMILES string of the molecule is O=c1ccc2cnc(Nc3ccc(-n4cccn4)cc3)nc2n1C(c1ccccc1)c1ccccc1. The highest BCUT2D eigenvalue weighted by atomic mass is 16.1. The van der Waals surface area contributed by atoms with Crippen LogP contribution in [0.5, 0.6) is 0 Å². The Balaban J connectivity index is 1.44. The number of hydrogen-bond acceptors (Lipinski definition) is 5. The van der Waals surface area contributed by atoms with Crippen molar-refractivity contribution in [2.24, 2.45) is 0 Å². The number of nitrogens with one attached hydrogen (secondary N) is 1. The van der Waals surface area contributed by atoms with E-state index in [0.29, 0.717) is 11.6 Å². The second kappa shape index (κ2) is 9.31. The molecule has 0 fully saturated rings. The van der Waals surface area contributed by atoms with Crippen molar-refractivity contribution in [1.29, 1.82) is 0 Å². The van der Waals surface area contributed by atoms with E-state index in [1.54, 1.807) is 33.8 Å². The standard InChI is InChI=1S/C29H22N6O/c36-26-17-12-23-20-30-29(32-24-13-15-25(16-14-24)34-19-7-18-31-34)33-28(23)35(26)27(21-8-3-1-4-9-21)22-10-5-2-6-11-22/h1-20,27H,(H,30,32,33). The van der Waals surface area contributed by atoms with Gasteiger partial charge in [-0.25, -0.2) is 9.67 Å². The van der Waals surface area contributed by atoms with Crippen molar-refractivity contribution in [2.45, 2.75) is 6.04 Å². The topological polar surface area (TPSA) is 77.6 Å². The predicted molar refractivity (Wildman–Crippen MR) is 141 cm³/mol. The Labute approximate surface area is 207 Å². The first-order valence-corrected chi connectivity index (χ1v) is 11.6. The summed E-state index contributed by atoms with van der Waals surface area (Å²) in [6.07, 6.45) is 5.38. The van der Waals surface area contributed by atoms with E-state index in [0.717, 1.165) is 27.9 Å². The van der Waals surface area contributed by atoms with Gasteiger partial charge in [0.15, 0.2) is 0 Å². The van der Waals surface area contributed by atoms with Crippen molar-refractivity contribution in [3.63, 3.8) is 0 Å². The van der Waals surface area contributed by atoms with Gasteiger partial charge in [0, 0.05) is 35.7 Å². The molecule has 7 nitrogen and oxygen atoms in total. The Kier molecular flexibility index (Phi) is 5.56. The zero-order valence-corrected chi connectivity index (χ0v) is 19.3. The molecule has 0 aliphatic carbocycles. The summed E-state index contributed by atoms with van der Waals surface area (Å²) in [4.78, 5) is 22.6. The maximum absolute atomic E-state index is 13.3. The average molecular weight is 471 g/mol. The summed E-state index contributed by atoms with van der Waals surface area (Å²) < 4.78 is 3.54. The number of rotatable bonds is 6. The molecular weight excluding hydrogens is 448 g/mol. The summed E-state index contributed by atoms with van der Waals surface area (Å²) in [5, 5.41) is 8.31. The number of fused-ring (bicyclic) bond motifs is 1. The molecule has 36 heavy (non-hydrogen) atoms. The second-order valence-electron chi connectivity index (χ2n) is 8.36. The molecule has 0 saturated heterocycles. The Hall–Kier alpha value is -5.04. The fraction of sp³-hybridized carbons (Fsp3) is 0.0345. The molecule has 3 aromatic carbocycles. The fourth-order valence-corrected chi connectivity index (χ4v) is 4.36. The van der Waals surface area contributed by atoms with Crippen molar-refractivity contribution in [3.05, 3.63) is 143 Å². The molecule has 0 atom stereocenters. The zero-order valence-electron chi connectivity index (χ0n) is 19.3. The lowest BCUT2D eigenvalue weighted by molar-refractivity contribution is 0.669. The van der Waals surface area contributed by atoms with E-state index in [1.807, 2.05) is 97.2 Å². The minimum atomic E-state index is -0.334. The summed E-state index contributed by atoms with van der Waals surface area (Å²) in [5.74, 6) is 0.411. The van der Waals surface area contributed by atoms with E-state index in [9.17, 15) is 4.79 Å². The first kappa shape index (κ1) is 21.5. The van der Waals surface area contributed by atoms with Crippen molar-refractivity contribution >= 4 is 22.7 Å². The molecule has 0 aliphatic heterocycles. The van der Waals surface area contributed by atoms with Gasteiger partial charge in [0.1, 0.15) is 5.65 Å². The van der Waals surface area contributed by atoms with Crippen LogP contribution in [-0.2, 0) is 0 Å². The number of benzene rings is 3. The van der Waals surface area contributed by atoms with Gasteiger partial charge in [0.05, 0.1) is 11.7 Å². The quantitative estimate of drug-likeness (QED) is 0.355. The van der Waals surface area contributed by atoms with Crippen molar-refractivity contribution in [2.75, 3.05) is 5.32 Å². The lowest BCUT2D eigenvalue weighted by Gasteiger charge is -2.22. The van der Waals surface area contributed by atoms with E-state index < -0.39 is 0 Å². The van der Waals surface area contributed by atoms with Crippen LogP contribution in [0.1, 0.15) is 17.2 Å². The van der Waals surface area contributed by atoms with Crippen molar-refractivity contribution in [1.82, 2.24) is 24.3 Å². The molecule has 0 spiro atoms. The van der Waals surface area contributed by atoms with Gasteiger partial charge in [-0.2, -0.15) is 10.1 Å². The van der Waals surface area contributed by atoms with E-state index in [1.165, 1.54) is 0 Å². The van der Waals surface area contributed by atoms with Gasteiger partial charge in [-0.3, -0.25) is 9.36 Å². The Bertz CT molecular complexity index is 1620. The molecule has 7 heteroatoms. The zero-order chi connectivity index (χ0) is 24.3. The van der Waals surface area contributed by atoms with Crippen LogP contribution in [0.25, 0.3) is 16.7 Å². The molecule has 6 rings (SSSR count). The molecular formula is C29H22N6O. The minimum absolute atomic E-state index is 0.131. The molecule has 6 aromatic rings. The third-order valence-corrected chi connectivity index (χ3v) is 6.05. The third kappa shape index (κ3) is 4.14. The monoisotopic (exact) mass is 470 g/mol. The molecule has 3 aromatic heterocycles. The minimum Gasteiger partial charge on any atom is -0.324 e. The summed E-state index contributed by atoms with van der Waals surface area (Å²) in [5.41, 5.74) is 4.21. The van der Waals surface area contributed by atoms with E-state index in [4.69, 9.17) is 4.98 Å². The van der Waals surface area contributed by atoms with Gasteiger partial charge < -0.3 is 5.32 Å². The van der Waals surface area contributed by atoms with Crippen LogP contribution < -0.4 is 10.9 Å². The van der Waals surface area contributed by atoms with Crippen LogP contribution in [0.15, 0.2) is 127 Å². The number of anilines is 2. The average Bonchev–Trinajstić information content (AvgIpc) is 3.47. The van der Waals surface area contributed by atoms with E-state index in [-0.39, 0.29) is 11.6 Å². The molecule has 0 unspecified atom stereocenters. The first-order chi connectivity index (χ1) is 17.8. The Morgan fingerprint density at radius 2 is 1.44 bits per heavy atom. The van der Waals surface area contributed by atoms with Gasteiger partial charge in [0.25, 0.3) is 5.56 Å². The summed E-state index contributed by atoms with van der Waals surface area (Å²) in [6, 6.07) is 32.7. The summed E-state index contributed by atoms with van der Waals surface area (Å²) >= 11 is 0. The third-order valence-electron chi connectivity index (χ3n) is 6.05. The van der Waals surface area contributed by atoms with Crippen LogP contribution in [0.2, 0.25) is 0 Å². The van der Waals surface area contributed by atoms with Crippen LogP contribution in [0, 0.1) is 0 Å². The molecule has 0 radical (unpaired) electrons. The number of aromatic nitrogens is 5. The molecule has 0 amide bonds. The van der Waals surface area contributed by atoms with Gasteiger partial charge in [0.2, 0.25) is 5.95 Å². The van der Waals surface area contributed by atoms with Crippen LogP contribution in [0.3, 0.4) is 0 Å². The van der Waals surface area contributed by atoms with Gasteiger partial charge in [-0.15, -0.1) is 0 Å². The normalized spacial score (nSPS) is 11.1. The molecule has 3 heterocycles. The van der Waals surface area contributed by atoms with Crippen LogP contribution in [0.4, 0.5) is 11.6 Å². The highest BCUT2D eigenvalue weighted by Crippen LogP contribution is 2.28. The molecule has 1 N–H and O–H groups in total. The lowest BCUT2D eigenvalue weighted by atomic mass is 9.98. The second-order valence-corrected chi connectivity index (χ2v) is 8.36. The van der Waals surface area contributed by atoms with E-state index >= 15 is 0 Å². The number of hydrogen-bond donors (Lipinski definition) is 1. The molecule has 0 aliphatic rings. The van der Waals surface area contributed by atoms with E-state index in [2.05, 4.69) is 15.4 Å². The van der Waals surface area contributed by atoms with Crippen molar-refractivity contribution < 1.29 is 0 Å². The number of nitrogens with zero attached hydrogens (tertiary/aromatic N) is 5. The van der Waals surface area contributed by atoms with Gasteiger partial charge in [-0.05, 0) is 47.5 Å². The lowest BCUT2D eigenvalue weighted by Crippen LogP contribution is -2.27.